The first-order chi connectivity index (χ1) is 13.4. The third kappa shape index (κ3) is 2.81. The van der Waals surface area contributed by atoms with E-state index in [9.17, 15) is 13.2 Å². The molecule has 3 fully saturated rings. The molecule has 3 atom stereocenters. The van der Waals surface area contributed by atoms with Crippen molar-refractivity contribution in [3.05, 3.63) is 11.8 Å². The van der Waals surface area contributed by atoms with Gasteiger partial charge in [0, 0.05) is 18.7 Å². The van der Waals surface area contributed by atoms with Crippen LogP contribution >= 0.6 is 0 Å². The number of nitrogens with one attached hydrogen (secondary N) is 1. The van der Waals surface area contributed by atoms with Crippen LogP contribution in [-0.4, -0.2) is 66.3 Å². The number of hydrogen-bond donors (Lipinski definition) is 1. The lowest BCUT2D eigenvalue weighted by molar-refractivity contribution is -0.139. The molecule has 0 amide bonds. The number of alkyl halides is 3. The number of aromatic nitrogens is 3. The van der Waals surface area contributed by atoms with E-state index < -0.39 is 11.9 Å². The number of hydrogen-bond acceptors (Lipinski definition) is 6. The molecule has 1 N–H and O–H groups in total. The van der Waals surface area contributed by atoms with Crippen LogP contribution in [0.15, 0.2) is 6.07 Å². The Labute approximate surface area is 159 Å². The molecular weight excluding hydrogens is 375 g/mol. The summed E-state index contributed by atoms with van der Waals surface area (Å²) in [4.78, 5) is 8.71. The van der Waals surface area contributed by atoms with E-state index in [1.807, 2.05) is 11.8 Å². The number of morpholine rings is 2. The molecule has 3 saturated heterocycles. The summed E-state index contributed by atoms with van der Waals surface area (Å²) < 4.78 is 52.0. The largest absolute Gasteiger partial charge is 0.433 e. The van der Waals surface area contributed by atoms with Gasteiger partial charge in [-0.3, -0.25) is 5.10 Å². The summed E-state index contributed by atoms with van der Waals surface area (Å²) in [6.45, 7) is 4.67. The van der Waals surface area contributed by atoms with Crippen LogP contribution in [0, 0.1) is 0 Å². The number of H-pyrrole nitrogens is 1. The summed E-state index contributed by atoms with van der Waals surface area (Å²) in [6.07, 6.45) is -2.52. The average molecular weight is 397 g/mol. The van der Waals surface area contributed by atoms with Gasteiger partial charge in [0.2, 0.25) is 0 Å². The summed E-state index contributed by atoms with van der Waals surface area (Å²) in [5.74, 6) is 0.678. The number of aromatic amines is 1. The van der Waals surface area contributed by atoms with Crippen LogP contribution in [0.25, 0.3) is 11.0 Å². The Balaban J connectivity index is 1.68. The highest BCUT2D eigenvalue weighted by atomic mass is 19.4. The summed E-state index contributed by atoms with van der Waals surface area (Å²) in [6, 6.07) is 2.18. The van der Waals surface area contributed by atoms with Gasteiger partial charge in [-0.25, -0.2) is 4.98 Å². The first kappa shape index (κ1) is 18.0. The second-order valence-corrected chi connectivity index (χ2v) is 7.74. The molecule has 0 radical (unpaired) electrons. The minimum Gasteiger partial charge on any atom is -0.377 e. The Kier molecular flexibility index (Phi) is 4.16. The molecule has 5 rings (SSSR count). The van der Waals surface area contributed by atoms with Crippen LogP contribution in [-0.2, 0) is 15.7 Å². The molecular formula is C18H22F3N5O2. The first-order valence-electron chi connectivity index (χ1n) is 9.60. The number of ether oxygens (including phenoxy) is 2. The molecule has 28 heavy (non-hydrogen) atoms. The number of pyridine rings is 1. The highest BCUT2D eigenvalue weighted by Crippen LogP contribution is 2.42. The predicted octanol–water partition coefficient (Wildman–Crippen LogP) is 2.57. The maximum absolute atomic E-state index is 13.6. The van der Waals surface area contributed by atoms with Gasteiger partial charge >= 0.3 is 6.18 Å². The lowest BCUT2D eigenvalue weighted by atomic mass is 10.1. The highest BCUT2D eigenvalue weighted by molar-refractivity contribution is 5.94. The molecule has 3 aliphatic heterocycles. The average Bonchev–Trinajstić information content (AvgIpc) is 3.19. The van der Waals surface area contributed by atoms with E-state index in [2.05, 4.69) is 20.1 Å². The van der Waals surface area contributed by atoms with Crippen molar-refractivity contribution >= 4 is 22.5 Å². The third-order valence-corrected chi connectivity index (χ3v) is 5.96. The molecule has 5 heterocycles. The number of halogens is 3. The molecule has 7 nitrogen and oxygen atoms in total. The Hall–Kier alpha value is -2.07. The number of nitrogens with zero attached hydrogens (tertiary/aromatic N) is 4. The molecule has 152 valence electrons. The number of anilines is 2. The zero-order valence-corrected chi connectivity index (χ0v) is 15.5. The van der Waals surface area contributed by atoms with E-state index in [0.717, 1.165) is 12.8 Å². The molecule has 2 aromatic rings. The Morgan fingerprint density at radius 1 is 1.14 bits per heavy atom. The normalized spacial score (nSPS) is 28.4. The van der Waals surface area contributed by atoms with Gasteiger partial charge in [-0.05, 0) is 19.8 Å². The van der Waals surface area contributed by atoms with E-state index in [-0.39, 0.29) is 29.2 Å². The summed E-state index contributed by atoms with van der Waals surface area (Å²) in [5, 5.41) is 6.13. The second kappa shape index (κ2) is 6.48. The van der Waals surface area contributed by atoms with Crippen LogP contribution in [0.1, 0.15) is 25.5 Å². The summed E-state index contributed by atoms with van der Waals surface area (Å²) in [7, 11) is 0. The highest BCUT2D eigenvalue weighted by Gasteiger charge is 2.41. The molecule has 2 aromatic heterocycles. The monoisotopic (exact) mass is 397 g/mol. The third-order valence-electron chi connectivity index (χ3n) is 5.96. The lowest BCUT2D eigenvalue weighted by Gasteiger charge is -2.38. The van der Waals surface area contributed by atoms with Crippen LogP contribution in [0.2, 0.25) is 0 Å². The fraction of sp³-hybridized carbons (Fsp3) is 0.667. The topological polar surface area (TPSA) is 66.5 Å². The molecule has 0 aliphatic carbocycles. The Bertz CT molecular complexity index is 870. The minimum absolute atomic E-state index is 0.0330. The van der Waals surface area contributed by atoms with Crippen LogP contribution in [0.4, 0.5) is 24.7 Å². The predicted molar refractivity (Wildman–Crippen MR) is 96.6 cm³/mol. The fourth-order valence-electron chi connectivity index (χ4n) is 4.64. The molecule has 3 aliphatic rings. The van der Waals surface area contributed by atoms with E-state index in [1.54, 1.807) is 6.07 Å². The van der Waals surface area contributed by atoms with E-state index in [1.165, 1.54) is 0 Å². The van der Waals surface area contributed by atoms with Crippen molar-refractivity contribution in [3.63, 3.8) is 0 Å². The smallest absolute Gasteiger partial charge is 0.377 e. The van der Waals surface area contributed by atoms with Gasteiger partial charge in [0.15, 0.2) is 11.3 Å². The zero-order chi connectivity index (χ0) is 19.5. The fourth-order valence-corrected chi connectivity index (χ4v) is 4.64. The summed E-state index contributed by atoms with van der Waals surface area (Å²) >= 11 is 0. The van der Waals surface area contributed by atoms with Gasteiger partial charge in [-0.2, -0.15) is 18.3 Å². The van der Waals surface area contributed by atoms with Gasteiger partial charge < -0.3 is 19.3 Å². The molecule has 10 heteroatoms. The van der Waals surface area contributed by atoms with Gasteiger partial charge in [-0.15, -0.1) is 0 Å². The van der Waals surface area contributed by atoms with Crippen molar-refractivity contribution < 1.29 is 22.6 Å². The van der Waals surface area contributed by atoms with Crippen molar-refractivity contribution in [2.45, 2.75) is 44.1 Å². The molecule has 0 aromatic carbocycles. The van der Waals surface area contributed by atoms with Crippen LogP contribution in [0.5, 0.6) is 0 Å². The quantitative estimate of drug-likeness (QED) is 0.840. The van der Waals surface area contributed by atoms with E-state index >= 15 is 0 Å². The first-order valence-corrected chi connectivity index (χ1v) is 9.60. The van der Waals surface area contributed by atoms with Crippen LogP contribution < -0.4 is 9.80 Å². The van der Waals surface area contributed by atoms with Gasteiger partial charge in [0.05, 0.1) is 49.6 Å². The zero-order valence-electron chi connectivity index (χ0n) is 15.5. The van der Waals surface area contributed by atoms with Crippen molar-refractivity contribution in [3.8, 4) is 0 Å². The van der Waals surface area contributed by atoms with Crippen molar-refractivity contribution in [1.82, 2.24) is 15.2 Å². The Morgan fingerprint density at radius 2 is 1.89 bits per heavy atom. The van der Waals surface area contributed by atoms with E-state index in [0.29, 0.717) is 44.5 Å². The van der Waals surface area contributed by atoms with Gasteiger partial charge in [0.25, 0.3) is 0 Å². The van der Waals surface area contributed by atoms with E-state index in [4.69, 9.17) is 9.47 Å². The summed E-state index contributed by atoms with van der Waals surface area (Å²) in [5.41, 5.74) is -0.229. The molecule has 0 spiro atoms. The number of rotatable bonds is 2. The van der Waals surface area contributed by atoms with Crippen molar-refractivity contribution in [1.29, 1.82) is 0 Å². The van der Waals surface area contributed by atoms with Crippen molar-refractivity contribution in [2.24, 2.45) is 0 Å². The molecule has 2 unspecified atom stereocenters. The standard InChI is InChI=1S/C18H22F3N5O2/c1-10-7-27-5-4-25(10)13-6-14(26-11-2-3-12(26)9-28-8-11)22-17-15(13)16(23-24-17)18(19,20)21/h6,10-12H,2-5,7-9H2,1H3,(H,22,23,24)/t10-,11?,12?/m1/s1. The maximum Gasteiger partial charge on any atom is 0.433 e. The minimum atomic E-state index is -4.53. The number of fused-ring (bicyclic) bond motifs is 3. The maximum atomic E-state index is 13.6. The molecule has 2 bridgehead atoms. The SMILES string of the molecule is C[C@@H]1COCCN1c1cc(N2C3CCC2COC3)nc2n[nH]c(C(F)(F)F)c12. The van der Waals surface area contributed by atoms with Gasteiger partial charge in [-0.1, -0.05) is 0 Å². The van der Waals surface area contributed by atoms with Crippen LogP contribution in [0.3, 0.4) is 0 Å². The molecule has 0 saturated carbocycles. The van der Waals surface area contributed by atoms with Crippen molar-refractivity contribution in [2.75, 3.05) is 42.8 Å². The lowest BCUT2D eigenvalue weighted by Crippen LogP contribution is -2.47. The van der Waals surface area contributed by atoms with Gasteiger partial charge in [0.1, 0.15) is 5.82 Å². The Morgan fingerprint density at radius 3 is 2.57 bits per heavy atom. The second-order valence-electron chi connectivity index (χ2n) is 7.74.